The van der Waals surface area contributed by atoms with Crippen molar-refractivity contribution >= 4 is 12.0 Å². The molecule has 0 heterocycles. The second kappa shape index (κ2) is 23.6. The largest absolute Gasteiger partial charge is 0.463 e. The second-order valence-electron chi connectivity index (χ2n) is 9.63. The summed E-state index contributed by atoms with van der Waals surface area (Å²) in [6, 6.07) is 9.84. The molecule has 2 nitrogen and oxygen atoms in total. The van der Waals surface area contributed by atoms with Crippen molar-refractivity contribution in [3.8, 4) is 0 Å². The van der Waals surface area contributed by atoms with Gasteiger partial charge in [-0.1, -0.05) is 159 Å². The molecule has 0 saturated carbocycles. The summed E-state index contributed by atoms with van der Waals surface area (Å²) in [4.78, 5) is 11.7. The highest BCUT2D eigenvalue weighted by molar-refractivity contribution is 5.86. The van der Waals surface area contributed by atoms with Crippen molar-refractivity contribution < 1.29 is 9.53 Å². The minimum absolute atomic E-state index is 0.239. The van der Waals surface area contributed by atoms with E-state index in [0.29, 0.717) is 6.61 Å². The fraction of sp³-hybridized carbons (Fsp3) is 0.710. The summed E-state index contributed by atoms with van der Waals surface area (Å²) in [6.45, 7) is 2.83. The maximum absolute atomic E-state index is 11.7. The zero-order valence-electron chi connectivity index (χ0n) is 21.7. The van der Waals surface area contributed by atoms with Gasteiger partial charge in [0, 0.05) is 6.08 Å². The van der Waals surface area contributed by atoms with Gasteiger partial charge < -0.3 is 4.74 Å². The average molecular weight is 457 g/mol. The van der Waals surface area contributed by atoms with Gasteiger partial charge in [-0.05, 0) is 18.1 Å². The molecule has 1 aromatic carbocycles. The van der Waals surface area contributed by atoms with Crippen LogP contribution in [0.4, 0.5) is 0 Å². The highest BCUT2D eigenvalue weighted by atomic mass is 16.5. The number of esters is 1. The molecule has 0 aliphatic heterocycles. The van der Waals surface area contributed by atoms with Gasteiger partial charge in [0.25, 0.3) is 0 Å². The van der Waals surface area contributed by atoms with E-state index in [1.54, 1.807) is 6.08 Å². The maximum atomic E-state index is 11.7. The Labute approximate surface area is 205 Å². The van der Waals surface area contributed by atoms with Crippen molar-refractivity contribution in [2.45, 2.75) is 135 Å². The maximum Gasteiger partial charge on any atom is 0.330 e. The van der Waals surface area contributed by atoms with Gasteiger partial charge in [-0.15, -0.1) is 0 Å². The molecule has 33 heavy (non-hydrogen) atoms. The van der Waals surface area contributed by atoms with E-state index >= 15 is 0 Å². The second-order valence-corrected chi connectivity index (χ2v) is 9.63. The summed E-state index contributed by atoms with van der Waals surface area (Å²) >= 11 is 0. The molecule has 0 saturated heterocycles. The molecule has 2 heteroatoms. The fourth-order valence-electron chi connectivity index (χ4n) is 4.31. The third kappa shape index (κ3) is 20.7. The summed E-state index contributed by atoms with van der Waals surface area (Å²) in [6.07, 6.45) is 30.9. The number of carbonyl (C=O) groups is 1. The van der Waals surface area contributed by atoms with E-state index in [1.165, 1.54) is 122 Å². The molecule has 0 N–H and O–H groups in total. The lowest BCUT2D eigenvalue weighted by Crippen LogP contribution is -2.02. The van der Waals surface area contributed by atoms with E-state index in [9.17, 15) is 4.79 Å². The van der Waals surface area contributed by atoms with Crippen LogP contribution < -0.4 is 0 Å². The van der Waals surface area contributed by atoms with E-state index in [2.05, 4.69) is 6.92 Å². The summed E-state index contributed by atoms with van der Waals surface area (Å²) < 4.78 is 5.28. The molecule has 0 aliphatic rings. The molecule has 0 spiro atoms. The van der Waals surface area contributed by atoms with Crippen LogP contribution >= 0.6 is 0 Å². The van der Waals surface area contributed by atoms with Crippen LogP contribution in [0, 0.1) is 0 Å². The first-order valence-corrected chi connectivity index (χ1v) is 14.2. The molecular weight excluding hydrogens is 404 g/mol. The first-order valence-electron chi connectivity index (χ1n) is 14.2. The van der Waals surface area contributed by atoms with Crippen molar-refractivity contribution in [1.82, 2.24) is 0 Å². The number of benzene rings is 1. The lowest BCUT2D eigenvalue weighted by atomic mass is 10.0. The Morgan fingerprint density at radius 2 is 1.00 bits per heavy atom. The molecule has 0 radical (unpaired) electrons. The summed E-state index contributed by atoms with van der Waals surface area (Å²) in [5.74, 6) is -0.239. The molecule has 1 rings (SSSR count). The van der Waals surface area contributed by atoms with Crippen LogP contribution in [0.5, 0.6) is 0 Å². The van der Waals surface area contributed by atoms with Gasteiger partial charge in [0.1, 0.15) is 0 Å². The molecular formula is C31H52O2. The zero-order valence-corrected chi connectivity index (χ0v) is 21.7. The first kappa shape index (κ1) is 29.5. The Kier molecular flexibility index (Phi) is 21.1. The molecule has 0 aliphatic carbocycles. The fourth-order valence-corrected chi connectivity index (χ4v) is 4.31. The smallest absolute Gasteiger partial charge is 0.330 e. The number of hydrogen-bond donors (Lipinski definition) is 0. The lowest BCUT2D eigenvalue weighted by molar-refractivity contribution is -0.137. The predicted molar refractivity (Wildman–Crippen MR) is 144 cm³/mol. The van der Waals surface area contributed by atoms with Gasteiger partial charge in [-0.3, -0.25) is 0 Å². The Morgan fingerprint density at radius 1 is 0.606 bits per heavy atom. The van der Waals surface area contributed by atoms with Gasteiger partial charge in [-0.2, -0.15) is 0 Å². The van der Waals surface area contributed by atoms with Crippen LogP contribution in [-0.2, 0) is 9.53 Å². The minimum atomic E-state index is -0.239. The van der Waals surface area contributed by atoms with Crippen molar-refractivity contribution in [2.75, 3.05) is 6.61 Å². The number of unbranched alkanes of at least 4 members (excludes halogenated alkanes) is 19. The molecule has 0 atom stereocenters. The molecule has 0 unspecified atom stereocenters. The average Bonchev–Trinajstić information content (AvgIpc) is 2.84. The molecule has 0 fully saturated rings. The normalized spacial score (nSPS) is 11.3. The van der Waals surface area contributed by atoms with E-state index in [0.717, 1.165) is 18.4 Å². The number of carbonyl (C=O) groups excluding carboxylic acids is 1. The standard InChI is InChI=1S/C31H52O2/c1-2-3-4-5-6-7-8-9-10-11-12-13-14-15-16-17-18-19-20-24-29-33-31(32)28-27-30-25-22-21-23-26-30/h21-23,25-28H,2-20,24,29H2,1H3/b28-27+. The zero-order chi connectivity index (χ0) is 23.7. The van der Waals surface area contributed by atoms with E-state index in [-0.39, 0.29) is 5.97 Å². The number of rotatable bonds is 23. The van der Waals surface area contributed by atoms with Crippen molar-refractivity contribution in [3.05, 3.63) is 42.0 Å². The summed E-state index contributed by atoms with van der Waals surface area (Å²) in [7, 11) is 0. The topological polar surface area (TPSA) is 26.3 Å². The van der Waals surface area contributed by atoms with E-state index in [1.807, 2.05) is 30.3 Å². The van der Waals surface area contributed by atoms with E-state index in [4.69, 9.17) is 4.74 Å². The Bertz CT molecular complexity index is 564. The van der Waals surface area contributed by atoms with Gasteiger partial charge in [-0.25, -0.2) is 4.79 Å². The highest BCUT2D eigenvalue weighted by Crippen LogP contribution is 2.14. The minimum Gasteiger partial charge on any atom is -0.463 e. The van der Waals surface area contributed by atoms with Crippen LogP contribution in [0.1, 0.15) is 141 Å². The SMILES string of the molecule is CCCCCCCCCCCCCCCCCCCCCCOC(=O)/C=C/c1ccccc1. The van der Waals surface area contributed by atoms with E-state index < -0.39 is 0 Å². The predicted octanol–water partition coefficient (Wildman–Crippen LogP) is 10.1. The van der Waals surface area contributed by atoms with Gasteiger partial charge in [0.2, 0.25) is 0 Å². The monoisotopic (exact) mass is 456 g/mol. The van der Waals surface area contributed by atoms with Crippen LogP contribution in [0.3, 0.4) is 0 Å². The van der Waals surface area contributed by atoms with Crippen molar-refractivity contribution in [1.29, 1.82) is 0 Å². The van der Waals surface area contributed by atoms with Crippen LogP contribution in [0.15, 0.2) is 36.4 Å². The number of ether oxygens (including phenoxy) is 1. The third-order valence-electron chi connectivity index (χ3n) is 6.45. The third-order valence-corrected chi connectivity index (χ3v) is 6.45. The molecule has 0 bridgehead atoms. The van der Waals surface area contributed by atoms with Gasteiger partial charge in [0.05, 0.1) is 6.61 Å². The Hall–Kier alpha value is -1.57. The van der Waals surface area contributed by atoms with Crippen molar-refractivity contribution in [3.63, 3.8) is 0 Å². The summed E-state index contributed by atoms with van der Waals surface area (Å²) in [5.41, 5.74) is 1.02. The molecule has 0 amide bonds. The highest BCUT2D eigenvalue weighted by Gasteiger charge is 1.98. The van der Waals surface area contributed by atoms with Crippen LogP contribution in [0.2, 0.25) is 0 Å². The van der Waals surface area contributed by atoms with Gasteiger partial charge in [0.15, 0.2) is 0 Å². The Balaban J connectivity index is 1.73. The van der Waals surface area contributed by atoms with Crippen molar-refractivity contribution in [2.24, 2.45) is 0 Å². The van der Waals surface area contributed by atoms with Crippen LogP contribution in [-0.4, -0.2) is 12.6 Å². The lowest BCUT2D eigenvalue weighted by Gasteiger charge is -2.04. The number of hydrogen-bond acceptors (Lipinski definition) is 2. The first-order chi connectivity index (χ1) is 16.3. The summed E-state index contributed by atoms with van der Waals surface area (Å²) in [5, 5.41) is 0. The van der Waals surface area contributed by atoms with Crippen LogP contribution in [0.25, 0.3) is 6.08 Å². The molecule has 188 valence electrons. The molecule has 0 aromatic heterocycles. The Morgan fingerprint density at radius 3 is 1.42 bits per heavy atom. The quantitative estimate of drug-likeness (QED) is 0.0930. The van der Waals surface area contributed by atoms with Gasteiger partial charge >= 0.3 is 5.97 Å². The molecule has 1 aromatic rings.